The minimum atomic E-state index is -1.17. The van der Waals surface area contributed by atoms with Crippen molar-refractivity contribution in [1.82, 2.24) is 0 Å². The number of nitrogens with zero attached hydrogens (tertiary/aromatic N) is 1. The highest BCUT2D eigenvalue weighted by Gasteiger charge is 2.10. The maximum atomic E-state index is 13.2. The molecular formula is C9H5ClFNO3S. The number of benzene rings is 1. The number of thiocarbonyl (C=S) groups is 1. The van der Waals surface area contributed by atoms with Gasteiger partial charge in [-0.2, -0.15) is 4.99 Å². The summed E-state index contributed by atoms with van der Waals surface area (Å²) >= 11 is 9.96. The Morgan fingerprint density at radius 1 is 1.69 bits per heavy atom. The Morgan fingerprint density at radius 3 is 2.94 bits per heavy atom. The molecule has 0 bridgehead atoms. The highest BCUT2D eigenvalue weighted by atomic mass is 35.5. The van der Waals surface area contributed by atoms with Crippen LogP contribution in [0.2, 0.25) is 5.02 Å². The van der Waals surface area contributed by atoms with Crippen molar-refractivity contribution in [3.8, 4) is 5.75 Å². The van der Waals surface area contributed by atoms with E-state index in [0.717, 1.165) is 12.1 Å². The number of halogens is 2. The molecule has 1 rings (SSSR count). The molecule has 1 N–H and O–H groups in total. The van der Waals surface area contributed by atoms with Crippen LogP contribution in [0, 0.1) is 5.82 Å². The maximum absolute atomic E-state index is 13.2. The van der Waals surface area contributed by atoms with E-state index in [1.807, 2.05) is 5.16 Å². The normalized spacial score (nSPS) is 9.38. The molecule has 0 spiro atoms. The summed E-state index contributed by atoms with van der Waals surface area (Å²) in [6.07, 6.45) is 0. The molecule has 0 aliphatic carbocycles. The van der Waals surface area contributed by atoms with Crippen LogP contribution in [0.4, 0.5) is 10.1 Å². The molecule has 0 aliphatic rings. The van der Waals surface area contributed by atoms with Gasteiger partial charge in [0.15, 0.2) is 12.4 Å². The molecule has 1 aromatic carbocycles. The Kier molecular flexibility index (Phi) is 4.37. The molecule has 0 heterocycles. The van der Waals surface area contributed by atoms with Crippen LogP contribution in [0.5, 0.6) is 5.75 Å². The molecule has 0 radical (unpaired) electrons. The number of carbonyl (C=O) groups is 1. The average Bonchev–Trinajstić information content (AvgIpc) is 2.20. The Bertz CT molecular complexity index is 474. The summed E-state index contributed by atoms with van der Waals surface area (Å²) in [7, 11) is 0. The summed E-state index contributed by atoms with van der Waals surface area (Å²) in [5, 5.41) is 10.3. The van der Waals surface area contributed by atoms with Crippen LogP contribution in [0.15, 0.2) is 17.1 Å². The van der Waals surface area contributed by atoms with Gasteiger partial charge in [0.25, 0.3) is 0 Å². The molecule has 0 amide bonds. The summed E-state index contributed by atoms with van der Waals surface area (Å²) < 4.78 is 18.0. The molecule has 0 fully saturated rings. The van der Waals surface area contributed by atoms with E-state index in [1.165, 1.54) is 0 Å². The quantitative estimate of drug-likeness (QED) is 0.669. The van der Waals surface area contributed by atoms with E-state index in [2.05, 4.69) is 17.2 Å². The zero-order valence-electron chi connectivity index (χ0n) is 7.74. The zero-order chi connectivity index (χ0) is 12.1. The average molecular weight is 262 g/mol. The van der Waals surface area contributed by atoms with Gasteiger partial charge < -0.3 is 9.84 Å². The predicted molar refractivity (Wildman–Crippen MR) is 59.2 cm³/mol. The van der Waals surface area contributed by atoms with Gasteiger partial charge in [-0.3, -0.25) is 0 Å². The van der Waals surface area contributed by atoms with Gasteiger partial charge in [0.05, 0.1) is 10.2 Å². The topological polar surface area (TPSA) is 58.9 Å². The van der Waals surface area contributed by atoms with Gasteiger partial charge in [-0.05, 0) is 18.3 Å². The van der Waals surface area contributed by atoms with Crippen molar-refractivity contribution in [3.63, 3.8) is 0 Å². The summed E-state index contributed by atoms with van der Waals surface area (Å²) in [4.78, 5) is 13.7. The van der Waals surface area contributed by atoms with Crippen molar-refractivity contribution in [1.29, 1.82) is 0 Å². The molecule has 84 valence electrons. The first-order valence-electron chi connectivity index (χ1n) is 3.96. The number of hydrogen-bond acceptors (Lipinski definition) is 4. The Morgan fingerprint density at radius 2 is 2.38 bits per heavy atom. The molecule has 0 aromatic heterocycles. The number of carboxylic acids is 1. The number of aliphatic imine (C=N–C) groups is 1. The number of aliphatic carboxylic acids is 1. The Balaban J connectivity index is 3.04. The SMILES string of the molecule is O=C(O)COc1cc(N=C=S)c(F)cc1Cl. The van der Waals surface area contributed by atoms with Crippen LogP contribution in [0.25, 0.3) is 0 Å². The van der Waals surface area contributed by atoms with Gasteiger partial charge >= 0.3 is 5.97 Å². The van der Waals surface area contributed by atoms with Gasteiger partial charge in [0.1, 0.15) is 11.4 Å². The Hall–Kier alpha value is -1.49. The van der Waals surface area contributed by atoms with Crippen molar-refractivity contribution < 1.29 is 19.0 Å². The van der Waals surface area contributed by atoms with Crippen LogP contribution < -0.4 is 4.74 Å². The summed E-state index contributed by atoms with van der Waals surface area (Å²) in [5.74, 6) is -1.83. The molecule has 0 atom stereocenters. The lowest BCUT2D eigenvalue weighted by Crippen LogP contribution is -2.09. The van der Waals surface area contributed by atoms with E-state index in [0.29, 0.717) is 0 Å². The molecule has 0 saturated heterocycles. The number of carboxylic acid groups (broad SMARTS) is 1. The third-order valence-corrected chi connectivity index (χ3v) is 1.91. The fourth-order valence-corrected chi connectivity index (χ4v) is 1.21. The fraction of sp³-hybridized carbons (Fsp3) is 0.111. The van der Waals surface area contributed by atoms with Crippen molar-refractivity contribution in [3.05, 3.63) is 23.0 Å². The largest absolute Gasteiger partial charge is 0.480 e. The predicted octanol–water partition coefficient (Wildman–Crippen LogP) is 2.68. The highest BCUT2D eigenvalue weighted by Crippen LogP contribution is 2.31. The van der Waals surface area contributed by atoms with E-state index in [1.54, 1.807) is 0 Å². The lowest BCUT2D eigenvalue weighted by atomic mass is 10.3. The zero-order valence-corrected chi connectivity index (χ0v) is 9.31. The minimum Gasteiger partial charge on any atom is -0.480 e. The van der Waals surface area contributed by atoms with Crippen LogP contribution in [0.1, 0.15) is 0 Å². The third kappa shape index (κ3) is 3.27. The van der Waals surface area contributed by atoms with Gasteiger partial charge in [0.2, 0.25) is 0 Å². The number of ether oxygens (including phenoxy) is 1. The first-order chi connectivity index (χ1) is 7.54. The molecule has 1 aromatic rings. The number of isothiocyanates is 1. The number of hydrogen-bond donors (Lipinski definition) is 1. The monoisotopic (exact) mass is 261 g/mol. The molecule has 4 nitrogen and oxygen atoms in total. The maximum Gasteiger partial charge on any atom is 0.341 e. The van der Waals surface area contributed by atoms with Crippen molar-refractivity contribution in [2.24, 2.45) is 4.99 Å². The van der Waals surface area contributed by atoms with E-state index >= 15 is 0 Å². The second kappa shape index (κ2) is 5.55. The molecule has 0 aliphatic heterocycles. The molecule has 16 heavy (non-hydrogen) atoms. The molecular weight excluding hydrogens is 257 g/mol. The second-order valence-corrected chi connectivity index (χ2v) is 3.21. The van der Waals surface area contributed by atoms with E-state index in [9.17, 15) is 9.18 Å². The summed E-state index contributed by atoms with van der Waals surface area (Å²) in [6.45, 7) is -0.577. The lowest BCUT2D eigenvalue weighted by Gasteiger charge is -2.06. The van der Waals surface area contributed by atoms with Crippen LogP contribution in [0.3, 0.4) is 0 Å². The van der Waals surface area contributed by atoms with Crippen molar-refractivity contribution in [2.75, 3.05) is 6.61 Å². The Labute approximate surface area is 100 Å². The summed E-state index contributed by atoms with van der Waals surface area (Å²) in [6, 6.07) is 2.12. The van der Waals surface area contributed by atoms with Crippen LogP contribution in [-0.4, -0.2) is 22.8 Å². The van der Waals surface area contributed by atoms with Crippen LogP contribution >= 0.6 is 23.8 Å². The first kappa shape index (κ1) is 12.6. The summed E-state index contributed by atoms with van der Waals surface area (Å²) in [5.41, 5.74) is -0.111. The van der Waals surface area contributed by atoms with E-state index < -0.39 is 18.4 Å². The molecule has 0 unspecified atom stereocenters. The first-order valence-corrected chi connectivity index (χ1v) is 4.74. The van der Waals surface area contributed by atoms with Gasteiger partial charge in [-0.15, -0.1) is 0 Å². The van der Waals surface area contributed by atoms with Crippen molar-refractivity contribution in [2.45, 2.75) is 0 Å². The lowest BCUT2D eigenvalue weighted by molar-refractivity contribution is -0.139. The molecule has 7 heteroatoms. The minimum absolute atomic E-state index is 0.0227. The third-order valence-electron chi connectivity index (χ3n) is 1.52. The van der Waals surface area contributed by atoms with E-state index in [-0.39, 0.29) is 16.5 Å². The fourth-order valence-electron chi connectivity index (χ4n) is 0.903. The van der Waals surface area contributed by atoms with Gasteiger partial charge in [0, 0.05) is 6.07 Å². The van der Waals surface area contributed by atoms with Crippen molar-refractivity contribution >= 4 is 40.6 Å². The second-order valence-electron chi connectivity index (χ2n) is 2.62. The standard InChI is InChI=1S/C9H5ClFNO3S/c10-5-1-6(11)7(12-4-16)2-8(5)15-3-9(13)14/h1-2H,3H2,(H,13,14). The highest BCUT2D eigenvalue weighted by molar-refractivity contribution is 7.78. The van der Waals surface area contributed by atoms with Crippen LogP contribution in [-0.2, 0) is 4.79 Å². The van der Waals surface area contributed by atoms with Gasteiger partial charge in [-0.1, -0.05) is 11.6 Å². The van der Waals surface area contributed by atoms with E-state index in [4.69, 9.17) is 21.4 Å². The van der Waals surface area contributed by atoms with Gasteiger partial charge in [-0.25, -0.2) is 9.18 Å². The smallest absolute Gasteiger partial charge is 0.341 e. The number of rotatable bonds is 4. The molecule has 0 saturated carbocycles.